The SMILES string of the molecule is Cc1ccc(CC(O)C2(c3ccccc3)CC2)c(Cl)c1. The summed E-state index contributed by atoms with van der Waals surface area (Å²) >= 11 is 6.28. The molecule has 0 aliphatic heterocycles. The van der Waals surface area contributed by atoms with Crippen molar-refractivity contribution in [3.63, 3.8) is 0 Å². The van der Waals surface area contributed by atoms with E-state index in [0.29, 0.717) is 6.42 Å². The lowest BCUT2D eigenvalue weighted by Gasteiger charge is -2.23. The van der Waals surface area contributed by atoms with Gasteiger partial charge in [-0.05, 0) is 42.5 Å². The third-order valence-corrected chi connectivity index (χ3v) is 4.75. The van der Waals surface area contributed by atoms with Crippen LogP contribution in [-0.2, 0) is 11.8 Å². The molecule has 0 spiro atoms. The van der Waals surface area contributed by atoms with Crippen molar-refractivity contribution in [2.45, 2.75) is 37.7 Å². The summed E-state index contributed by atoms with van der Waals surface area (Å²) in [6.07, 6.45) is 2.36. The zero-order chi connectivity index (χ0) is 14.2. The number of benzene rings is 2. The summed E-state index contributed by atoms with van der Waals surface area (Å²) in [4.78, 5) is 0. The summed E-state index contributed by atoms with van der Waals surface area (Å²) in [7, 11) is 0. The summed E-state index contributed by atoms with van der Waals surface area (Å²) in [5.41, 5.74) is 3.37. The van der Waals surface area contributed by atoms with Gasteiger partial charge in [-0.1, -0.05) is 54.1 Å². The summed E-state index contributed by atoms with van der Waals surface area (Å²) < 4.78 is 0. The molecule has 1 atom stereocenters. The minimum absolute atomic E-state index is 0.0600. The van der Waals surface area contributed by atoms with Gasteiger partial charge in [-0.2, -0.15) is 0 Å². The van der Waals surface area contributed by atoms with Crippen LogP contribution in [0.2, 0.25) is 5.02 Å². The van der Waals surface area contributed by atoms with Gasteiger partial charge in [0.15, 0.2) is 0 Å². The highest BCUT2D eigenvalue weighted by Gasteiger charge is 2.50. The number of rotatable bonds is 4. The Morgan fingerprint density at radius 3 is 2.45 bits per heavy atom. The van der Waals surface area contributed by atoms with Gasteiger partial charge in [0.1, 0.15) is 0 Å². The summed E-state index contributed by atoms with van der Waals surface area (Å²) in [5.74, 6) is 0. The molecule has 1 aliphatic rings. The van der Waals surface area contributed by atoms with Gasteiger partial charge in [0.2, 0.25) is 0 Å². The molecule has 1 nitrogen and oxygen atoms in total. The van der Waals surface area contributed by atoms with Crippen molar-refractivity contribution in [3.8, 4) is 0 Å². The van der Waals surface area contributed by atoms with E-state index in [2.05, 4.69) is 18.2 Å². The highest BCUT2D eigenvalue weighted by molar-refractivity contribution is 6.31. The van der Waals surface area contributed by atoms with Crippen molar-refractivity contribution < 1.29 is 5.11 Å². The Kier molecular flexibility index (Phi) is 3.57. The lowest BCUT2D eigenvalue weighted by atomic mass is 9.86. The first kappa shape index (κ1) is 13.7. The van der Waals surface area contributed by atoms with Gasteiger partial charge < -0.3 is 5.11 Å². The number of aliphatic hydroxyl groups excluding tert-OH is 1. The quantitative estimate of drug-likeness (QED) is 0.889. The maximum atomic E-state index is 10.7. The second-order valence-corrected chi connectivity index (χ2v) is 6.24. The first-order chi connectivity index (χ1) is 9.62. The van der Waals surface area contributed by atoms with Crippen molar-refractivity contribution >= 4 is 11.6 Å². The monoisotopic (exact) mass is 286 g/mol. The Morgan fingerprint density at radius 2 is 1.85 bits per heavy atom. The zero-order valence-corrected chi connectivity index (χ0v) is 12.4. The Bertz CT molecular complexity index is 602. The maximum Gasteiger partial charge on any atom is 0.0677 e. The first-order valence-corrected chi connectivity index (χ1v) is 7.48. The van der Waals surface area contributed by atoms with Crippen LogP contribution in [0.3, 0.4) is 0 Å². The van der Waals surface area contributed by atoms with Crippen LogP contribution in [0, 0.1) is 6.92 Å². The highest BCUT2D eigenvalue weighted by atomic mass is 35.5. The van der Waals surface area contributed by atoms with Crippen LogP contribution in [0.5, 0.6) is 0 Å². The molecule has 1 saturated carbocycles. The second-order valence-electron chi connectivity index (χ2n) is 5.84. The van der Waals surface area contributed by atoms with Gasteiger partial charge in [0, 0.05) is 16.9 Å². The minimum atomic E-state index is -0.370. The average Bonchev–Trinajstić information content (AvgIpc) is 3.24. The molecule has 1 N–H and O–H groups in total. The molecule has 104 valence electrons. The lowest BCUT2D eigenvalue weighted by molar-refractivity contribution is 0.131. The highest BCUT2D eigenvalue weighted by Crippen LogP contribution is 2.51. The Labute approximate surface area is 125 Å². The molecular weight excluding hydrogens is 268 g/mol. The van der Waals surface area contributed by atoms with E-state index in [4.69, 9.17) is 11.6 Å². The van der Waals surface area contributed by atoms with Crippen LogP contribution in [0.15, 0.2) is 48.5 Å². The molecule has 1 unspecified atom stereocenters. The molecular formula is C18H19ClO. The van der Waals surface area contributed by atoms with E-state index in [9.17, 15) is 5.11 Å². The molecule has 0 heterocycles. The van der Waals surface area contributed by atoms with Crippen molar-refractivity contribution in [3.05, 3.63) is 70.2 Å². The van der Waals surface area contributed by atoms with Gasteiger partial charge >= 0.3 is 0 Å². The van der Waals surface area contributed by atoms with Crippen molar-refractivity contribution in [2.75, 3.05) is 0 Å². The van der Waals surface area contributed by atoms with E-state index in [-0.39, 0.29) is 11.5 Å². The molecule has 1 aliphatic carbocycles. The van der Waals surface area contributed by atoms with Crippen molar-refractivity contribution in [1.82, 2.24) is 0 Å². The van der Waals surface area contributed by atoms with Crippen LogP contribution in [0.25, 0.3) is 0 Å². The molecule has 3 rings (SSSR count). The Balaban J connectivity index is 1.81. The van der Waals surface area contributed by atoms with Gasteiger partial charge in [-0.25, -0.2) is 0 Å². The number of aryl methyl sites for hydroxylation is 1. The van der Waals surface area contributed by atoms with Gasteiger partial charge in [0.05, 0.1) is 6.10 Å². The Morgan fingerprint density at radius 1 is 1.15 bits per heavy atom. The standard InChI is InChI=1S/C18H19ClO/c1-13-7-8-14(16(19)11-13)12-17(20)18(9-10-18)15-5-3-2-4-6-15/h2-8,11,17,20H,9-10,12H2,1H3. The molecule has 0 radical (unpaired) electrons. The van der Waals surface area contributed by atoms with E-state index in [1.54, 1.807) is 0 Å². The molecule has 2 aromatic rings. The third kappa shape index (κ3) is 2.48. The molecule has 1 fully saturated rings. The predicted molar refractivity (Wildman–Crippen MR) is 83.3 cm³/mol. The fourth-order valence-corrected chi connectivity index (χ4v) is 3.25. The first-order valence-electron chi connectivity index (χ1n) is 7.10. The van der Waals surface area contributed by atoms with Crippen molar-refractivity contribution in [2.24, 2.45) is 0 Å². The number of hydrogen-bond donors (Lipinski definition) is 1. The minimum Gasteiger partial charge on any atom is -0.392 e. The smallest absolute Gasteiger partial charge is 0.0677 e. The van der Waals surface area contributed by atoms with Gasteiger partial charge in [0.25, 0.3) is 0 Å². The van der Waals surface area contributed by atoms with E-state index in [1.165, 1.54) is 5.56 Å². The number of aliphatic hydroxyl groups is 1. The Hall–Kier alpha value is -1.31. The molecule has 0 aromatic heterocycles. The van der Waals surface area contributed by atoms with Crippen LogP contribution in [0.1, 0.15) is 29.5 Å². The van der Waals surface area contributed by atoms with E-state index >= 15 is 0 Å². The third-order valence-electron chi connectivity index (χ3n) is 4.40. The number of hydrogen-bond acceptors (Lipinski definition) is 1. The van der Waals surface area contributed by atoms with Gasteiger partial charge in [-0.15, -0.1) is 0 Å². The van der Waals surface area contributed by atoms with Crippen LogP contribution >= 0.6 is 11.6 Å². The summed E-state index contributed by atoms with van der Waals surface area (Å²) in [6.45, 7) is 2.03. The molecule has 0 bridgehead atoms. The average molecular weight is 287 g/mol. The summed E-state index contributed by atoms with van der Waals surface area (Å²) in [5, 5.41) is 11.4. The molecule has 20 heavy (non-hydrogen) atoms. The van der Waals surface area contributed by atoms with E-state index in [0.717, 1.165) is 29.0 Å². The maximum absolute atomic E-state index is 10.7. The largest absolute Gasteiger partial charge is 0.392 e. The van der Waals surface area contributed by atoms with Crippen molar-refractivity contribution in [1.29, 1.82) is 0 Å². The number of halogens is 1. The van der Waals surface area contributed by atoms with Crippen LogP contribution in [-0.4, -0.2) is 11.2 Å². The normalized spacial score (nSPS) is 17.8. The lowest BCUT2D eigenvalue weighted by Crippen LogP contribution is -2.28. The molecule has 2 aromatic carbocycles. The van der Waals surface area contributed by atoms with Crippen LogP contribution < -0.4 is 0 Å². The zero-order valence-electron chi connectivity index (χ0n) is 11.6. The fourth-order valence-electron chi connectivity index (χ4n) is 2.94. The fraction of sp³-hybridized carbons (Fsp3) is 0.333. The molecule has 2 heteroatoms. The van der Waals surface area contributed by atoms with Gasteiger partial charge in [-0.3, -0.25) is 0 Å². The van der Waals surface area contributed by atoms with E-state index in [1.807, 2.05) is 37.3 Å². The molecule has 0 saturated heterocycles. The van der Waals surface area contributed by atoms with Crippen LogP contribution in [0.4, 0.5) is 0 Å². The topological polar surface area (TPSA) is 20.2 Å². The predicted octanol–water partition coefficient (Wildman–Crippen LogP) is 4.28. The second kappa shape index (κ2) is 5.23. The van der Waals surface area contributed by atoms with E-state index < -0.39 is 0 Å². The molecule has 0 amide bonds. The summed E-state index contributed by atoms with van der Waals surface area (Å²) in [6, 6.07) is 16.4.